The summed E-state index contributed by atoms with van der Waals surface area (Å²) in [6.45, 7) is 7.02. The van der Waals surface area contributed by atoms with Gasteiger partial charge in [0.2, 0.25) is 0 Å². The number of hydrogen-bond donors (Lipinski definition) is 1. The topological polar surface area (TPSA) is 0 Å². The van der Waals surface area contributed by atoms with Crippen molar-refractivity contribution in [3.8, 4) is 0 Å². The third kappa shape index (κ3) is 1.32. The predicted octanol–water partition coefficient (Wildman–Crippen LogP) is 1.89. The monoisotopic (exact) mass is 160 g/mol. The van der Waals surface area contributed by atoms with Crippen molar-refractivity contribution >= 4 is 12.6 Å². The largest absolute Gasteiger partial charge is 0.313 e. The Morgan fingerprint density at radius 2 is 1.60 bits per heavy atom. The molecule has 0 bridgehead atoms. The summed E-state index contributed by atoms with van der Waals surface area (Å²) in [7, 11) is 2.31. The second kappa shape index (κ2) is 2.42. The molecule has 1 aliphatic heterocycles. The lowest BCUT2D eigenvalue weighted by atomic mass is 10.3. The summed E-state index contributed by atoms with van der Waals surface area (Å²) in [4.78, 5) is 0.149. The molecular formula is C8H18NS+. The van der Waals surface area contributed by atoms with Gasteiger partial charge in [-0.3, -0.25) is 0 Å². The van der Waals surface area contributed by atoms with E-state index in [0.29, 0.717) is 0 Å². The molecule has 0 N–H and O–H groups in total. The summed E-state index contributed by atoms with van der Waals surface area (Å²) < 4.78 is 1.14. The first-order valence-corrected chi connectivity index (χ1v) is 4.47. The molecule has 2 heteroatoms. The highest BCUT2D eigenvalue weighted by Crippen LogP contribution is 2.31. The van der Waals surface area contributed by atoms with Gasteiger partial charge in [0, 0.05) is 26.7 Å². The van der Waals surface area contributed by atoms with Crippen LogP contribution in [0.25, 0.3) is 0 Å². The van der Waals surface area contributed by atoms with E-state index in [4.69, 9.17) is 0 Å². The Bertz CT molecular complexity index is 120. The maximum atomic E-state index is 4.61. The Morgan fingerprint density at radius 3 is 1.80 bits per heavy atom. The van der Waals surface area contributed by atoms with E-state index in [-0.39, 0.29) is 4.87 Å². The van der Waals surface area contributed by atoms with Gasteiger partial charge in [-0.2, -0.15) is 0 Å². The van der Waals surface area contributed by atoms with Gasteiger partial charge in [-0.1, -0.05) is 0 Å². The van der Waals surface area contributed by atoms with E-state index in [2.05, 4.69) is 33.5 Å². The highest BCUT2D eigenvalue weighted by molar-refractivity contribution is 7.81. The highest BCUT2D eigenvalue weighted by atomic mass is 32.1. The van der Waals surface area contributed by atoms with E-state index in [1.165, 1.54) is 25.9 Å². The van der Waals surface area contributed by atoms with Crippen LogP contribution in [0, 0.1) is 0 Å². The molecule has 0 aromatic heterocycles. The molecule has 1 heterocycles. The molecular weight excluding hydrogens is 142 g/mol. The van der Waals surface area contributed by atoms with Crippen LogP contribution in [0.3, 0.4) is 0 Å². The normalized spacial score (nSPS) is 25.2. The van der Waals surface area contributed by atoms with Crippen LogP contribution < -0.4 is 0 Å². The summed E-state index contributed by atoms with van der Waals surface area (Å²) >= 11 is 4.61. The summed E-state index contributed by atoms with van der Waals surface area (Å²) in [5.74, 6) is 0. The van der Waals surface area contributed by atoms with Gasteiger partial charge in [0.05, 0.1) is 20.1 Å². The Morgan fingerprint density at radius 1 is 1.20 bits per heavy atom. The Kier molecular flexibility index (Phi) is 2.03. The van der Waals surface area contributed by atoms with Gasteiger partial charge in [0.15, 0.2) is 0 Å². The van der Waals surface area contributed by atoms with Gasteiger partial charge >= 0.3 is 0 Å². The number of thiol groups is 1. The molecule has 0 spiro atoms. The standard InChI is InChI=1S/C8H17NS/c1-8(2,10)9(3)6-4-5-7-9/h4-7H2,1-3H3/p+1. The van der Waals surface area contributed by atoms with Crippen molar-refractivity contribution in [2.24, 2.45) is 0 Å². The van der Waals surface area contributed by atoms with E-state index in [1.54, 1.807) is 0 Å². The molecule has 0 aromatic carbocycles. The Labute approximate surface area is 69.4 Å². The van der Waals surface area contributed by atoms with Crippen LogP contribution >= 0.6 is 12.6 Å². The Hall–Kier alpha value is 0.310. The van der Waals surface area contributed by atoms with Crippen LogP contribution in [0.4, 0.5) is 0 Å². The van der Waals surface area contributed by atoms with Crippen LogP contribution in [-0.4, -0.2) is 29.5 Å². The second-order valence-electron chi connectivity index (χ2n) is 4.04. The molecule has 0 unspecified atom stereocenters. The van der Waals surface area contributed by atoms with Crippen molar-refractivity contribution in [1.82, 2.24) is 0 Å². The van der Waals surface area contributed by atoms with Crippen molar-refractivity contribution in [1.29, 1.82) is 0 Å². The molecule has 0 aliphatic carbocycles. The number of rotatable bonds is 1. The molecule has 1 nitrogen and oxygen atoms in total. The van der Waals surface area contributed by atoms with Crippen molar-refractivity contribution in [3.05, 3.63) is 0 Å². The summed E-state index contributed by atoms with van der Waals surface area (Å²) in [5.41, 5.74) is 0. The van der Waals surface area contributed by atoms with Gasteiger partial charge in [0.1, 0.15) is 4.87 Å². The van der Waals surface area contributed by atoms with Crippen LogP contribution in [0.5, 0.6) is 0 Å². The molecule has 0 radical (unpaired) electrons. The molecule has 60 valence electrons. The minimum absolute atomic E-state index is 0.149. The third-order valence-corrected chi connectivity index (χ3v) is 3.36. The third-order valence-electron chi connectivity index (χ3n) is 2.87. The molecule has 1 aliphatic rings. The maximum absolute atomic E-state index is 4.61. The highest BCUT2D eigenvalue weighted by Gasteiger charge is 2.39. The summed E-state index contributed by atoms with van der Waals surface area (Å²) in [5, 5.41) is 0. The van der Waals surface area contributed by atoms with Gasteiger partial charge in [-0.15, -0.1) is 12.6 Å². The quantitative estimate of drug-likeness (QED) is 0.439. The fraction of sp³-hybridized carbons (Fsp3) is 1.00. The van der Waals surface area contributed by atoms with E-state index in [9.17, 15) is 0 Å². The van der Waals surface area contributed by atoms with Crippen molar-refractivity contribution in [2.45, 2.75) is 31.6 Å². The minimum atomic E-state index is 0.149. The maximum Gasteiger partial charge on any atom is 0.137 e. The Balaban J connectivity index is 2.67. The number of quaternary nitrogens is 1. The molecule has 0 aromatic rings. The van der Waals surface area contributed by atoms with E-state index in [0.717, 1.165) is 4.48 Å². The molecule has 1 rings (SSSR count). The van der Waals surface area contributed by atoms with Gasteiger partial charge < -0.3 is 4.48 Å². The molecule has 0 saturated carbocycles. The first-order chi connectivity index (χ1) is 4.46. The summed E-state index contributed by atoms with van der Waals surface area (Å²) in [6, 6.07) is 0. The molecule has 0 atom stereocenters. The molecule has 1 fully saturated rings. The predicted molar refractivity (Wildman–Crippen MR) is 48.2 cm³/mol. The zero-order valence-corrected chi connectivity index (χ0v) is 8.12. The number of hydrogen-bond acceptors (Lipinski definition) is 1. The molecule has 1 saturated heterocycles. The van der Waals surface area contributed by atoms with Crippen molar-refractivity contribution in [3.63, 3.8) is 0 Å². The van der Waals surface area contributed by atoms with Crippen LogP contribution in [0.2, 0.25) is 0 Å². The van der Waals surface area contributed by atoms with E-state index >= 15 is 0 Å². The smallest absolute Gasteiger partial charge is 0.137 e. The molecule has 10 heavy (non-hydrogen) atoms. The first-order valence-electron chi connectivity index (χ1n) is 4.03. The van der Waals surface area contributed by atoms with Crippen molar-refractivity contribution < 1.29 is 4.48 Å². The zero-order valence-electron chi connectivity index (χ0n) is 7.22. The van der Waals surface area contributed by atoms with Crippen LogP contribution in [0.15, 0.2) is 0 Å². The second-order valence-corrected chi connectivity index (χ2v) is 5.14. The lowest BCUT2D eigenvalue weighted by Crippen LogP contribution is -2.53. The number of nitrogens with zero attached hydrogens (tertiary/aromatic N) is 1. The average Bonchev–Trinajstić information content (AvgIpc) is 2.13. The lowest BCUT2D eigenvalue weighted by Gasteiger charge is -2.41. The first kappa shape index (κ1) is 8.41. The zero-order chi connectivity index (χ0) is 7.83. The van der Waals surface area contributed by atoms with Gasteiger partial charge in [0.25, 0.3) is 0 Å². The number of likely N-dealkylation sites (tertiary alicyclic amines) is 1. The van der Waals surface area contributed by atoms with Crippen molar-refractivity contribution in [2.75, 3.05) is 20.1 Å². The van der Waals surface area contributed by atoms with Crippen LogP contribution in [-0.2, 0) is 0 Å². The fourth-order valence-electron chi connectivity index (χ4n) is 1.58. The SMILES string of the molecule is CC(C)(S)[N+]1(C)CCCC1. The minimum Gasteiger partial charge on any atom is -0.313 e. The lowest BCUT2D eigenvalue weighted by molar-refractivity contribution is -0.927. The van der Waals surface area contributed by atoms with E-state index < -0.39 is 0 Å². The summed E-state index contributed by atoms with van der Waals surface area (Å²) in [6.07, 6.45) is 2.75. The van der Waals surface area contributed by atoms with E-state index in [1.807, 2.05) is 0 Å². The van der Waals surface area contributed by atoms with Crippen LogP contribution in [0.1, 0.15) is 26.7 Å². The van der Waals surface area contributed by atoms with Gasteiger partial charge in [-0.05, 0) is 0 Å². The fourth-order valence-corrected chi connectivity index (χ4v) is 1.78. The average molecular weight is 160 g/mol. The molecule has 0 amide bonds. The van der Waals surface area contributed by atoms with Gasteiger partial charge in [-0.25, -0.2) is 0 Å².